The lowest BCUT2D eigenvalue weighted by atomic mass is 10.1. The maximum atomic E-state index is 11.4. The Kier molecular flexibility index (Phi) is 3.76. The normalized spacial score (nSPS) is 30.5. The molecule has 2 heterocycles. The number of imidazole rings is 1. The van der Waals surface area contributed by atoms with Crippen molar-refractivity contribution in [2.24, 2.45) is 10.7 Å². The van der Waals surface area contributed by atoms with Crippen LogP contribution >= 0.6 is 0 Å². The Balaban J connectivity index is 2.38. The van der Waals surface area contributed by atoms with E-state index in [1.165, 1.54) is 17.8 Å². The number of ketones is 1. The molecule has 4 N–H and O–H groups in total. The second-order valence-electron chi connectivity index (χ2n) is 4.32. The van der Waals surface area contributed by atoms with Crippen molar-refractivity contribution in [3.8, 4) is 0 Å². The van der Waals surface area contributed by atoms with Gasteiger partial charge in [-0.2, -0.15) is 0 Å². The molecule has 1 saturated heterocycles. The number of aliphatic hydroxyl groups is 2. The number of nitrogens with zero attached hydrogens (tertiary/aromatic N) is 3. The molecule has 0 amide bonds. The summed E-state index contributed by atoms with van der Waals surface area (Å²) in [6, 6.07) is 0. The van der Waals surface area contributed by atoms with E-state index in [2.05, 4.69) is 16.7 Å². The second kappa shape index (κ2) is 5.17. The monoisotopic (exact) mass is 268 g/mol. The quantitative estimate of drug-likeness (QED) is 0.475. The number of aromatic nitrogens is 2. The van der Waals surface area contributed by atoms with Crippen LogP contribution in [0.1, 0.15) is 23.6 Å². The minimum absolute atomic E-state index is 0.0693. The summed E-state index contributed by atoms with van der Waals surface area (Å²) in [6.45, 7) is 4.80. The average Bonchev–Trinajstić information content (AvgIpc) is 2.92. The minimum Gasteiger partial charge on any atom is -0.387 e. The molecule has 0 bridgehead atoms. The Morgan fingerprint density at radius 2 is 2.32 bits per heavy atom. The molecular formula is C11H16N4O4. The van der Waals surface area contributed by atoms with Crippen LogP contribution in [-0.2, 0) is 4.74 Å². The zero-order valence-electron chi connectivity index (χ0n) is 10.4. The van der Waals surface area contributed by atoms with Crippen LogP contribution < -0.4 is 5.73 Å². The Hall–Kier alpha value is -1.61. The molecule has 4 unspecified atom stereocenters. The first kappa shape index (κ1) is 13.8. The van der Waals surface area contributed by atoms with E-state index >= 15 is 0 Å². The van der Waals surface area contributed by atoms with Crippen LogP contribution in [0.3, 0.4) is 0 Å². The summed E-state index contributed by atoms with van der Waals surface area (Å²) in [4.78, 5) is 19.0. The smallest absolute Gasteiger partial charge is 0.181 e. The van der Waals surface area contributed by atoms with Gasteiger partial charge in [0, 0.05) is 13.5 Å². The summed E-state index contributed by atoms with van der Waals surface area (Å²) in [6.07, 6.45) is -2.54. The number of hydrogen-bond donors (Lipinski definition) is 3. The zero-order chi connectivity index (χ0) is 14.2. The van der Waals surface area contributed by atoms with Gasteiger partial charge < -0.3 is 20.7 Å². The van der Waals surface area contributed by atoms with Crippen LogP contribution in [0.25, 0.3) is 0 Å². The summed E-state index contributed by atoms with van der Waals surface area (Å²) in [5.74, 6) is -0.0778. The molecule has 0 aliphatic carbocycles. The number of aliphatic imine (C=N–C) groups is 1. The van der Waals surface area contributed by atoms with Gasteiger partial charge in [0.25, 0.3) is 0 Å². The summed E-state index contributed by atoms with van der Waals surface area (Å²) >= 11 is 0. The minimum atomic E-state index is -1.18. The predicted molar refractivity (Wildman–Crippen MR) is 66.4 cm³/mol. The molecule has 0 saturated carbocycles. The van der Waals surface area contributed by atoms with E-state index in [1.807, 2.05) is 0 Å². The first-order chi connectivity index (χ1) is 9.01. The molecule has 2 rings (SSSR count). The highest BCUT2D eigenvalue weighted by molar-refractivity contribution is 5.96. The van der Waals surface area contributed by atoms with E-state index in [0.717, 1.165) is 0 Å². The maximum absolute atomic E-state index is 11.4. The van der Waals surface area contributed by atoms with Gasteiger partial charge in [-0.15, -0.1) is 0 Å². The largest absolute Gasteiger partial charge is 0.387 e. The molecule has 104 valence electrons. The predicted octanol–water partition coefficient (Wildman–Crippen LogP) is -1.00. The van der Waals surface area contributed by atoms with Gasteiger partial charge in [0.2, 0.25) is 0 Å². The van der Waals surface area contributed by atoms with Crippen LogP contribution in [-0.4, -0.2) is 57.1 Å². The SMILES string of the molecule is C=Nc1c(C(C)=O)ncn1C1OC(CN)C(O)C1O. The first-order valence-corrected chi connectivity index (χ1v) is 5.77. The number of aliphatic hydroxyl groups excluding tert-OH is 2. The fraction of sp³-hybridized carbons (Fsp3) is 0.545. The highest BCUT2D eigenvalue weighted by Crippen LogP contribution is 2.33. The van der Waals surface area contributed by atoms with Crippen LogP contribution in [0.15, 0.2) is 11.3 Å². The molecule has 0 spiro atoms. The van der Waals surface area contributed by atoms with Gasteiger partial charge in [0.15, 0.2) is 23.5 Å². The Labute approximate surface area is 109 Å². The van der Waals surface area contributed by atoms with Gasteiger partial charge in [0.05, 0.1) is 6.33 Å². The van der Waals surface area contributed by atoms with E-state index in [1.54, 1.807) is 0 Å². The zero-order valence-corrected chi connectivity index (χ0v) is 10.4. The van der Waals surface area contributed by atoms with Gasteiger partial charge in [-0.25, -0.2) is 9.98 Å². The molecular weight excluding hydrogens is 252 g/mol. The lowest BCUT2D eigenvalue weighted by molar-refractivity contribution is -0.0333. The number of carbonyl (C=O) groups excluding carboxylic acids is 1. The first-order valence-electron chi connectivity index (χ1n) is 5.77. The number of rotatable bonds is 4. The average molecular weight is 268 g/mol. The fourth-order valence-electron chi connectivity index (χ4n) is 2.10. The summed E-state index contributed by atoms with van der Waals surface area (Å²) < 4.78 is 6.82. The molecule has 0 radical (unpaired) electrons. The van der Waals surface area contributed by atoms with Gasteiger partial charge in [0.1, 0.15) is 18.3 Å². The lowest BCUT2D eigenvalue weighted by Gasteiger charge is -2.17. The van der Waals surface area contributed by atoms with Gasteiger partial charge >= 0.3 is 0 Å². The Morgan fingerprint density at radius 3 is 2.79 bits per heavy atom. The van der Waals surface area contributed by atoms with Crippen molar-refractivity contribution in [2.75, 3.05) is 6.54 Å². The van der Waals surface area contributed by atoms with Crippen molar-refractivity contribution in [3.05, 3.63) is 12.0 Å². The standard InChI is InChI=1S/C11H16N4O4/c1-5(16)7-10(13-2)15(4-14-7)11-9(18)8(17)6(3-12)19-11/h4,6,8-9,11,17-18H,2-3,12H2,1H3. The van der Waals surface area contributed by atoms with E-state index in [-0.39, 0.29) is 23.8 Å². The number of nitrogens with two attached hydrogens (primary N) is 1. The molecule has 8 nitrogen and oxygen atoms in total. The maximum Gasteiger partial charge on any atom is 0.181 e. The van der Waals surface area contributed by atoms with Crippen molar-refractivity contribution < 1.29 is 19.7 Å². The van der Waals surface area contributed by atoms with Crippen LogP contribution in [0.5, 0.6) is 0 Å². The van der Waals surface area contributed by atoms with Crippen molar-refractivity contribution in [1.29, 1.82) is 0 Å². The summed E-state index contributed by atoms with van der Waals surface area (Å²) in [5, 5.41) is 19.7. The van der Waals surface area contributed by atoms with Crippen LogP contribution in [0.2, 0.25) is 0 Å². The highest BCUT2D eigenvalue weighted by atomic mass is 16.6. The Morgan fingerprint density at radius 1 is 1.63 bits per heavy atom. The molecule has 1 aliphatic rings. The highest BCUT2D eigenvalue weighted by Gasteiger charge is 2.43. The number of ether oxygens (including phenoxy) is 1. The molecule has 0 aromatic carbocycles. The molecule has 19 heavy (non-hydrogen) atoms. The topological polar surface area (TPSA) is 123 Å². The summed E-state index contributed by atoms with van der Waals surface area (Å²) in [5.41, 5.74) is 5.58. The van der Waals surface area contributed by atoms with Gasteiger partial charge in [-0.05, 0) is 6.72 Å². The molecule has 1 aromatic heterocycles. The molecule has 1 aliphatic heterocycles. The molecule has 1 aromatic rings. The summed E-state index contributed by atoms with van der Waals surface area (Å²) in [7, 11) is 0. The van der Waals surface area contributed by atoms with E-state index < -0.39 is 24.5 Å². The molecule has 4 atom stereocenters. The molecule has 8 heteroatoms. The Bertz CT molecular complexity index is 501. The van der Waals surface area contributed by atoms with Gasteiger partial charge in [-0.1, -0.05) is 0 Å². The van der Waals surface area contributed by atoms with Crippen molar-refractivity contribution in [3.63, 3.8) is 0 Å². The third-order valence-corrected chi connectivity index (χ3v) is 3.09. The van der Waals surface area contributed by atoms with E-state index in [0.29, 0.717) is 0 Å². The van der Waals surface area contributed by atoms with Crippen molar-refractivity contribution in [1.82, 2.24) is 9.55 Å². The number of hydrogen-bond acceptors (Lipinski definition) is 7. The van der Waals surface area contributed by atoms with E-state index in [9.17, 15) is 15.0 Å². The van der Waals surface area contributed by atoms with E-state index in [4.69, 9.17) is 10.5 Å². The lowest BCUT2D eigenvalue weighted by Crippen LogP contribution is -2.35. The van der Waals surface area contributed by atoms with Crippen molar-refractivity contribution in [2.45, 2.75) is 31.5 Å². The molecule has 1 fully saturated rings. The third-order valence-electron chi connectivity index (χ3n) is 3.09. The van der Waals surface area contributed by atoms with Crippen LogP contribution in [0.4, 0.5) is 5.82 Å². The third kappa shape index (κ3) is 2.19. The number of carbonyl (C=O) groups is 1. The van der Waals surface area contributed by atoms with Gasteiger partial charge in [-0.3, -0.25) is 9.36 Å². The van der Waals surface area contributed by atoms with Crippen LogP contribution in [0, 0.1) is 0 Å². The number of Topliss-reactive ketones (excluding diaryl/α,β-unsaturated/α-hetero) is 1. The van der Waals surface area contributed by atoms with Crippen molar-refractivity contribution >= 4 is 18.3 Å². The fourth-order valence-corrected chi connectivity index (χ4v) is 2.10. The second-order valence-corrected chi connectivity index (χ2v) is 4.32.